The minimum Gasteiger partial charge on any atom is -0.456 e. The highest BCUT2D eigenvalue weighted by Crippen LogP contribution is 2.62. The minimum atomic E-state index is -0.536. The van der Waals surface area contributed by atoms with Crippen LogP contribution in [0, 0.1) is 0 Å². The number of benzene rings is 11. The van der Waals surface area contributed by atoms with Crippen LogP contribution in [-0.4, -0.2) is 4.57 Å². The highest BCUT2D eigenvalue weighted by atomic mass is 16.3. The minimum absolute atomic E-state index is 0.536. The molecule has 15 rings (SSSR count). The molecule has 2 aromatic heterocycles. The van der Waals surface area contributed by atoms with E-state index in [0.717, 1.165) is 55.7 Å². The van der Waals surface area contributed by atoms with Crippen molar-refractivity contribution in [2.45, 2.75) is 5.41 Å². The highest BCUT2D eigenvalue weighted by Gasteiger charge is 2.51. The van der Waals surface area contributed by atoms with E-state index in [0.29, 0.717) is 0 Å². The fourth-order valence-electron chi connectivity index (χ4n) is 12.3. The first-order valence-electron chi connectivity index (χ1n) is 24.2. The molecule has 0 amide bonds. The maximum atomic E-state index is 6.22. The van der Waals surface area contributed by atoms with Gasteiger partial charge in [0.05, 0.1) is 27.8 Å². The molecule has 1 atom stereocenters. The monoisotopic (exact) mass is 890 g/mol. The zero-order valence-corrected chi connectivity index (χ0v) is 38.1. The van der Waals surface area contributed by atoms with Crippen LogP contribution in [0.1, 0.15) is 22.3 Å². The van der Waals surface area contributed by atoms with Crippen LogP contribution in [0.4, 0.5) is 17.1 Å². The van der Waals surface area contributed by atoms with Crippen LogP contribution in [-0.2, 0) is 5.41 Å². The van der Waals surface area contributed by atoms with Gasteiger partial charge in [0.15, 0.2) is 0 Å². The molecule has 13 aromatic rings. The molecule has 0 fully saturated rings. The predicted molar refractivity (Wildman–Crippen MR) is 290 cm³/mol. The summed E-state index contributed by atoms with van der Waals surface area (Å²) in [7, 11) is 0. The summed E-state index contributed by atoms with van der Waals surface area (Å²) in [6.45, 7) is 0. The van der Waals surface area contributed by atoms with Crippen LogP contribution < -0.4 is 4.90 Å². The lowest BCUT2D eigenvalue weighted by Gasteiger charge is -2.39. The Balaban J connectivity index is 0.957. The second kappa shape index (κ2) is 14.9. The summed E-state index contributed by atoms with van der Waals surface area (Å²) in [5.74, 6) is 0. The average molecular weight is 891 g/mol. The molecule has 0 saturated carbocycles. The van der Waals surface area contributed by atoms with Gasteiger partial charge in [0.25, 0.3) is 0 Å². The van der Waals surface area contributed by atoms with Gasteiger partial charge in [-0.1, -0.05) is 194 Å². The molecule has 70 heavy (non-hydrogen) atoms. The molecule has 1 spiro atoms. The van der Waals surface area contributed by atoms with Gasteiger partial charge in [-0.25, -0.2) is 0 Å². The first-order chi connectivity index (χ1) is 34.7. The Labute approximate surface area is 405 Å². The number of rotatable bonds is 6. The smallest absolute Gasteiger partial charge is 0.135 e. The Morgan fingerprint density at radius 2 is 0.943 bits per heavy atom. The van der Waals surface area contributed by atoms with E-state index in [1.807, 2.05) is 12.1 Å². The van der Waals surface area contributed by atoms with Crippen molar-refractivity contribution in [1.82, 2.24) is 4.57 Å². The maximum Gasteiger partial charge on any atom is 0.135 e. The molecule has 326 valence electrons. The molecule has 2 aliphatic rings. The van der Waals surface area contributed by atoms with Gasteiger partial charge in [0.2, 0.25) is 0 Å². The van der Waals surface area contributed by atoms with Gasteiger partial charge in [-0.2, -0.15) is 0 Å². The van der Waals surface area contributed by atoms with E-state index in [2.05, 4.69) is 252 Å². The van der Waals surface area contributed by atoms with Crippen LogP contribution in [0.3, 0.4) is 0 Å². The summed E-state index contributed by atoms with van der Waals surface area (Å²) in [5.41, 5.74) is 23.0. The first kappa shape index (κ1) is 38.9. The summed E-state index contributed by atoms with van der Waals surface area (Å²) in [6, 6.07) is 93.7. The molecule has 3 nitrogen and oxygen atoms in total. The highest BCUT2D eigenvalue weighted by molar-refractivity contribution is 6.13. The van der Waals surface area contributed by atoms with Gasteiger partial charge < -0.3 is 13.9 Å². The van der Waals surface area contributed by atoms with Crippen LogP contribution >= 0.6 is 0 Å². The Kier molecular flexibility index (Phi) is 8.28. The molecular formula is C67H42N2O. The summed E-state index contributed by atoms with van der Waals surface area (Å²) >= 11 is 0. The van der Waals surface area contributed by atoms with Crippen molar-refractivity contribution in [3.05, 3.63) is 277 Å². The number of hydrogen-bond donors (Lipinski definition) is 0. The van der Waals surface area contributed by atoms with E-state index < -0.39 is 5.41 Å². The Morgan fingerprint density at radius 3 is 1.81 bits per heavy atom. The number of furan rings is 1. The molecule has 0 N–H and O–H groups in total. The zero-order valence-electron chi connectivity index (χ0n) is 38.1. The molecule has 1 aliphatic heterocycles. The first-order valence-corrected chi connectivity index (χ1v) is 24.2. The second-order valence-corrected chi connectivity index (χ2v) is 18.7. The molecule has 1 aliphatic carbocycles. The predicted octanol–water partition coefficient (Wildman–Crippen LogP) is 17.8. The van der Waals surface area contributed by atoms with Gasteiger partial charge in [-0.3, -0.25) is 0 Å². The lowest BCUT2D eigenvalue weighted by atomic mass is 9.65. The van der Waals surface area contributed by atoms with E-state index in [4.69, 9.17) is 4.42 Å². The Bertz CT molecular complexity index is 4250. The quantitative estimate of drug-likeness (QED) is 0.166. The largest absolute Gasteiger partial charge is 0.456 e. The van der Waals surface area contributed by atoms with Crippen molar-refractivity contribution in [2.24, 2.45) is 0 Å². The van der Waals surface area contributed by atoms with E-state index in [1.54, 1.807) is 0 Å². The Hall–Kier alpha value is -9.18. The van der Waals surface area contributed by atoms with Crippen LogP contribution in [0.2, 0.25) is 0 Å². The van der Waals surface area contributed by atoms with E-state index in [9.17, 15) is 0 Å². The average Bonchev–Trinajstić information content (AvgIpc) is 4.08. The number of para-hydroxylation sites is 5. The third-order valence-electron chi connectivity index (χ3n) is 15.2. The number of hydrogen-bond acceptors (Lipinski definition) is 2. The van der Waals surface area contributed by atoms with Crippen molar-refractivity contribution in [3.8, 4) is 50.2 Å². The third kappa shape index (κ3) is 5.40. The van der Waals surface area contributed by atoms with Crippen LogP contribution in [0.25, 0.3) is 93.9 Å². The molecule has 0 bridgehead atoms. The number of nitrogens with zero attached hydrogens (tertiary/aromatic N) is 2. The maximum absolute atomic E-state index is 6.22. The number of anilines is 3. The summed E-state index contributed by atoms with van der Waals surface area (Å²) < 4.78 is 8.73. The van der Waals surface area contributed by atoms with Gasteiger partial charge in [-0.15, -0.1) is 0 Å². The van der Waals surface area contributed by atoms with Gasteiger partial charge in [-0.05, 0) is 122 Å². The SMILES string of the molecule is c1ccc(-c2ccccc2-c2ccccc2N(c2ccc(-c3ccc4oc5ccccc5c4c3)cc2)c2ccc3c(c2)-c2ccccc2C32c3ccccc3-n3c4ccccc4c4cccc2c43)cc1. The van der Waals surface area contributed by atoms with Crippen molar-refractivity contribution < 1.29 is 4.42 Å². The molecule has 0 radical (unpaired) electrons. The third-order valence-corrected chi connectivity index (χ3v) is 15.2. The molecule has 11 aromatic carbocycles. The number of fused-ring (bicyclic) bond motifs is 15. The van der Waals surface area contributed by atoms with Crippen molar-refractivity contribution >= 4 is 60.8 Å². The van der Waals surface area contributed by atoms with Crippen molar-refractivity contribution in [1.29, 1.82) is 0 Å². The second-order valence-electron chi connectivity index (χ2n) is 18.7. The molecule has 3 heterocycles. The van der Waals surface area contributed by atoms with Crippen molar-refractivity contribution in [2.75, 3.05) is 4.90 Å². The van der Waals surface area contributed by atoms with Crippen LogP contribution in [0.5, 0.6) is 0 Å². The molecule has 0 saturated heterocycles. The number of aromatic nitrogens is 1. The summed E-state index contributed by atoms with van der Waals surface area (Å²) in [5, 5.41) is 4.81. The normalized spacial score (nSPS) is 14.3. The molecule has 3 heteroatoms. The lowest BCUT2D eigenvalue weighted by molar-refractivity contribution is 0.669. The van der Waals surface area contributed by atoms with E-state index in [-0.39, 0.29) is 0 Å². The lowest BCUT2D eigenvalue weighted by Crippen LogP contribution is -2.33. The standard InChI is InChI=1S/C67H42N2O/c1-2-17-44(18-3-1)48-19-4-5-20-49(48)51-22-7-12-29-61(51)68(46-36-33-43(34-37-46)45-35-40-65-56(41-45)53-24-9-15-32-64(53)70-65)47-38-39-58-55(42-47)50-21-6-10-26-57(50)67(58)59-27-11-14-31-63(59)69-62-30-13-8-23-52(62)54-25-16-28-60(67)66(54)69/h1-42H. The fourth-order valence-corrected chi connectivity index (χ4v) is 12.3. The van der Waals surface area contributed by atoms with E-state index >= 15 is 0 Å². The van der Waals surface area contributed by atoms with Gasteiger partial charge in [0.1, 0.15) is 11.2 Å². The topological polar surface area (TPSA) is 21.3 Å². The Morgan fingerprint density at radius 1 is 0.329 bits per heavy atom. The zero-order chi connectivity index (χ0) is 45.9. The van der Waals surface area contributed by atoms with Gasteiger partial charge >= 0.3 is 0 Å². The fraction of sp³-hybridized carbons (Fsp3) is 0.0149. The molecular weight excluding hydrogens is 849 g/mol. The van der Waals surface area contributed by atoms with E-state index in [1.165, 1.54) is 77.6 Å². The molecule has 1 unspecified atom stereocenters. The van der Waals surface area contributed by atoms with Crippen molar-refractivity contribution in [3.63, 3.8) is 0 Å². The van der Waals surface area contributed by atoms with Crippen LogP contribution in [0.15, 0.2) is 259 Å². The summed E-state index contributed by atoms with van der Waals surface area (Å²) in [4.78, 5) is 2.47. The van der Waals surface area contributed by atoms with Gasteiger partial charge in [0, 0.05) is 38.5 Å². The summed E-state index contributed by atoms with van der Waals surface area (Å²) in [6.07, 6.45) is 0.